The van der Waals surface area contributed by atoms with E-state index in [0.29, 0.717) is 18.5 Å². The lowest BCUT2D eigenvalue weighted by atomic mass is 10.1. The van der Waals surface area contributed by atoms with Crippen LogP contribution >= 0.6 is 11.3 Å². The average molecular weight is 523 g/mol. The number of ether oxygens (including phenoxy) is 1. The highest BCUT2D eigenvalue weighted by atomic mass is 32.1. The van der Waals surface area contributed by atoms with Crippen molar-refractivity contribution in [3.63, 3.8) is 0 Å². The Bertz CT molecular complexity index is 1170. The van der Waals surface area contributed by atoms with Crippen LogP contribution in [0, 0.1) is 0 Å². The fraction of sp³-hybridized carbons (Fsp3) is 0.321. The lowest BCUT2D eigenvalue weighted by molar-refractivity contribution is -0.143. The molecule has 0 radical (unpaired) electrons. The van der Waals surface area contributed by atoms with Crippen LogP contribution < -0.4 is 11.1 Å². The molecular formula is C28H34N4O4S. The van der Waals surface area contributed by atoms with Gasteiger partial charge in [-0.15, -0.1) is 11.3 Å². The third-order valence-corrected chi connectivity index (χ3v) is 7.11. The molecule has 3 amide bonds. The zero-order chi connectivity index (χ0) is 26.8. The second-order valence-electron chi connectivity index (χ2n) is 8.70. The van der Waals surface area contributed by atoms with Crippen LogP contribution in [0.2, 0.25) is 0 Å². The van der Waals surface area contributed by atoms with E-state index in [1.165, 1.54) is 21.1 Å². The number of nitrogens with zero attached hydrogens (tertiary/aromatic N) is 2. The van der Waals surface area contributed by atoms with E-state index in [-0.39, 0.29) is 30.9 Å². The summed E-state index contributed by atoms with van der Waals surface area (Å²) < 4.78 is 5.92. The third kappa shape index (κ3) is 7.48. The molecule has 2 aromatic carbocycles. The Morgan fingerprint density at radius 3 is 2.32 bits per heavy atom. The smallest absolute Gasteiger partial charge is 0.254 e. The maximum Gasteiger partial charge on any atom is 0.254 e. The number of amides is 3. The van der Waals surface area contributed by atoms with Gasteiger partial charge in [0.05, 0.1) is 13.2 Å². The number of carbonyl (C=O) groups is 3. The molecule has 3 N–H and O–H groups in total. The van der Waals surface area contributed by atoms with Gasteiger partial charge in [-0.2, -0.15) is 0 Å². The van der Waals surface area contributed by atoms with Gasteiger partial charge >= 0.3 is 0 Å². The van der Waals surface area contributed by atoms with Crippen molar-refractivity contribution in [2.45, 2.75) is 31.7 Å². The van der Waals surface area contributed by atoms with Gasteiger partial charge in [0.15, 0.2) is 0 Å². The summed E-state index contributed by atoms with van der Waals surface area (Å²) in [5.41, 5.74) is 7.94. The lowest BCUT2D eigenvalue weighted by Gasteiger charge is -2.34. The second kappa shape index (κ2) is 13.7. The Hall–Kier alpha value is -3.53. The SMILES string of the molecule is CNC(=O)[C@@H](Cc1cccs1)N(C)C(=O)[C@@H](COCc1ccccc1)N(C)C(=O)c1cccc(CN)c1. The van der Waals surface area contributed by atoms with Crippen molar-refractivity contribution in [1.29, 1.82) is 0 Å². The van der Waals surface area contributed by atoms with Gasteiger partial charge in [0.1, 0.15) is 12.1 Å². The van der Waals surface area contributed by atoms with Crippen molar-refractivity contribution >= 4 is 29.1 Å². The molecule has 9 heteroatoms. The molecule has 1 heterocycles. The molecule has 0 aliphatic rings. The van der Waals surface area contributed by atoms with Crippen LogP contribution in [0.5, 0.6) is 0 Å². The van der Waals surface area contributed by atoms with E-state index in [0.717, 1.165) is 16.0 Å². The van der Waals surface area contributed by atoms with Crippen molar-refractivity contribution in [1.82, 2.24) is 15.1 Å². The van der Waals surface area contributed by atoms with Crippen LogP contribution in [-0.4, -0.2) is 67.4 Å². The van der Waals surface area contributed by atoms with Gasteiger partial charge < -0.3 is 25.6 Å². The standard InChI is InChI=1S/C28H34N4O4S/c1-30-26(33)24(16-23-13-8-14-37-23)31(2)28(35)25(19-36-18-20-9-5-4-6-10-20)32(3)27(34)22-12-7-11-21(15-22)17-29/h4-15,24-25H,16-19,29H2,1-3H3,(H,30,33)/t24-,25-/m1/s1. The van der Waals surface area contributed by atoms with Crippen LogP contribution in [0.15, 0.2) is 72.1 Å². The van der Waals surface area contributed by atoms with Gasteiger partial charge in [0.2, 0.25) is 11.8 Å². The fourth-order valence-corrected chi connectivity index (χ4v) is 4.71. The average Bonchev–Trinajstić information content (AvgIpc) is 3.46. The molecule has 1 aromatic heterocycles. The van der Waals surface area contributed by atoms with Crippen LogP contribution in [0.25, 0.3) is 0 Å². The van der Waals surface area contributed by atoms with E-state index in [4.69, 9.17) is 10.5 Å². The molecule has 0 spiro atoms. The first-order valence-corrected chi connectivity index (χ1v) is 12.9. The maximum absolute atomic E-state index is 13.8. The van der Waals surface area contributed by atoms with Crippen LogP contribution in [-0.2, 0) is 33.9 Å². The molecule has 37 heavy (non-hydrogen) atoms. The van der Waals surface area contributed by atoms with E-state index in [9.17, 15) is 14.4 Å². The van der Waals surface area contributed by atoms with Gasteiger partial charge in [-0.25, -0.2) is 0 Å². The number of nitrogens with two attached hydrogens (primary N) is 1. The number of hydrogen-bond donors (Lipinski definition) is 2. The number of likely N-dealkylation sites (N-methyl/N-ethyl adjacent to an activating group) is 3. The molecule has 196 valence electrons. The summed E-state index contributed by atoms with van der Waals surface area (Å²) in [4.78, 5) is 43.8. The molecule has 0 unspecified atom stereocenters. The first-order chi connectivity index (χ1) is 17.8. The molecule has 0 aliphatic heterocycles. The Kier molecular flexibility index (Phi) is 10.4. The molecular weight excluding hydrogens is 488 g/mol. The zero-order valence-electron chi connectivity index (χ0n) is 21.4. The van der Waals surface area contributed by atoms with Crippen molar-refractivity contribution in [3.05, 3.63) is 93.7 Å². The Labute approximate surface area is 222 Å². The van der Waals surface area contributed by atoms with Crippen LogP contribution in [0.4, 0.5) is 0 Å². The molecule has 3 rings (SSSR count). The summed E-state index contributed by atoms with van der Waals surface area (Å²) in [5.74, 6) is -0.998. The number of hydrogen-bond acceptors (Lipinski definition) is 6. The van der Waals surface area contributed by atoms with Crippen LogP contribution in [0.3, 0.4) is 0 Å². The summed E-state index contributed by atoms with van der Waals surface area (Å²) in [6, 6.07) is 18.8. The predicted molar refractivity (Wildman–Crippen MR) is 145 cm³/mol. The van der Waals surface area contributed by atoms with Gasteiger partial charge in [-0.3, -0.25) is 14.4 Å². The molecule has 0 aliphatic carbocycles. The lowest BCUT2D eigenvalue weighted by Crippen LogP contribution is -2.56. The predicted octanol–water partition coefficient (Wildman–Crippen LogP) is 2.68. The zero-order valence-corrected chi connectivity index (χ0v) is 22.2. The van der Waals surface area contributed by atoms with E-state index < -0.39 is 12.1 Å². The van der Waals surface area contributed by atoms with E-state index in [1.807, 2.05) is 53.9 Å². The number of thiophene rings is 1. The molecule has 0 saturated heterocycles. The largest absolute Gasteiger partial charge is 0.374 e. The summed E-state index contributed by atoms with van der Waals surface area (Å²) >= 11 is 1.52. The second-order valence-corrected chi connectivity index (χ2v) is 9.73. The first kappa shape index (κ1) is 28.0. The van der Waals surface area contributed by atoms with Gasteiger partial charge in [0, 0.05) is 44.5 Å². The van der Waals surface area contributed by atoms with Crippen LogP contribution in [0.1, 0.15) is 26.4 Å². The summed E-state index contributed by atoms with van der Waals surface area (Å²) in [7, 11) is 4.71. The number of rotatable bonds is 12. The van der Waals surface area contributed by atoms with Crippen molar-refractivity contribution in [2.24, 2.45) is 5.73 Å². The van der Waals surface area contributed by atoms with E-state index in [1.54, 1.807) is 39.3 Å². The Morgan fingerprint density at radius 2 is 1.68 bits per heavy atom. The molecule has 0 saturated carbocycles. The van der Waals surface area contributed by atoms with Crippen molar-refractivity contribution in [2.75, 3.05) is 27.7 Å². The quantitative estimate of drug-likeness (QED) is 0.381. The minimum Gasteiger partial charge on any atom is -0.374 e. The summed E-state index contributed by atoms with van der Waals surface area (Å²) in [5, 5.41) is 4.59. The minimum atomic E-state index is -0.946. The highest BCUT2D eigenvalue weighted by molar-refractivity contribution is 7.09. The third-order valence-electron chi connectivity index (χ3n) is 6.21. The normalized spacial score (nSPS) is 12.4. The topological polar surface area (TPSA) is 105 Å². The molecule has 8 nitrogen and oxygen atoms in total. The van der Waals surface area contributed by atoms with E-state index >= 15 is 0 Å². The van der Waals surface area contributed by atoms with Crippen molar-refractivity contribution < 1.29 is 19.1 Å². The van der Waals surface area contributed by atoms with Crippen molar-refractivity contribution in [3.8, 4) is 0 Å². The highest BCUT2D eigenvalue weighted by Gasteiger charge is 2.35. The molecule has 2 atom stereocenters. The van der Waals surface area contributed by atoms with Gasteiger partial charge in [-0.05, 0) is 34.7 Å². The summed E-state index contributed by atoms with van der Waals surface area (Å²) in [6.45, 7) is 0.552. The molecule has 3 aromatic rings. The number of carbonyl (C=O) groups excluding carboxylic acids is 3. The highest BCUT2D eigenvalue weighted by Crippen LogP contribution is 2.17. The number of nitrogens with one attached hydrogen (secondary N) is 1. The minimum absolute atomic E-state index is 0.0314. The molecule has 0 bridgehead atoms. The molecule has 0 fully saturated rings. The number of benzene rings is 2. The monoisotopic (exact) mass is 522 g/mol. The van der Waals surface area contributed by atoms with E-state index in [2.05, 4.69) is 5.32 Å². The summed E-state index contributed by atoms with van der Waals surface area (Å²) in [6.07, 6.45) is 0.368. The van der Waals surface area contributed by atoms with Gasteiger partial charge in [0.25, 0.3) is 5.91 Å². The maximum atomic E-state index is 13.8. The fourth-order valence-electron chi connectivity index (χ4n) is 3.97. The van der Waals surface area contributed by atoms with Gasteiger partial charge in [-0.1, -0.05) is 48.5 Å². The first-order valence-electron chi connectivity index (χ1n) is 12.0. The Balaban J connectivity index is 1.85. The Morgan fingerprint density at radius 1 is 0.946 bits per heavy atom.